The molecule has 0 atom stereocenters. The molecule has 11 heavy (non-hydrogen) atoms. The van der Waals surface area contributed by atoms with Crippen molar-refractivity contribution in [1.29, 1.82) is 0 Å². The van der Waals surface area contributed by atoms with Crippen LogP contribution in [-0.2, 0) is 6.42 Å². The molecule has 1 heterocycles. The van der Waals surface area contributed by atoms with Crippen LogP contribution in [0.15, 0.2) is 16.7 Å². The van der Waals surface area contributed by atoms with Crippen LogP contribution in [0.25, 0.3) is 0 Å². The van der Waals surface area contributed by atoms with Gasteiger partial charge >= 0.3 is 0 Å². The van der Waals surface area contributed by atoms with Crippen molar-refractivity contribution in [2.24, 2.45) is 0 Å². The third-order valence-electron chi connectivity index (χ3n) is 1.80. The Morgan fingerprint density at radius 3 is 2.91 bits per heavy atom. The van der Waals surface area contributed by atoms with Crippen LogP contribution in [0.1, 0.15) is 38.4 Å². The lowest BCUT2D eigenvalue weighted by Gasteiger charge is -1.95. The molecule has 1 aromatic rings. The minimum absolute atomic E-state index is 1.07. The van der Waals surface area contributed by atoms with Gasteiger partial charge in [-0.05, 0) is 12.5 Å². The lowest BCUT2D eigenvalue weighted by Crippen LogP contribution is -1.81. The summed E-state index contributed by atoms with van der Waals surface area (Å²) in [6, 6.07) is 4.83. The minimum Gasteiger partial charge on any atom is -0.469 e. The van der Waals surface area contributed by atoms with Crippen molar-refractivity contribution in [2.45, 2.75) is 39.0 Å². The topological polar surface area (TPSA) is 13.1 Å². The maximum atomic E-state index is 5.16. The van der Waals surface area contributed by atoms with E-state index in [2.05, 4.69) is 13.0 Å². The van der Waals surface area contributed by atoms with E-state index in [0.29, 0.717) is 0 Å². The predicted octanol–water partition coefficient (Wildman–Crippen LogP) is 3.20. The largest absolute Gasteiger partial charge is 0.469 e. The number of unbranched alkanes of at least 4 members (excludes halogenated alkanes) is 3. The van der Waals surface area contributed by atoms with Crippen molar-refractivity contribution in [1.82, 2.24) is 0 Å². The average Bonchev–Trinajstić information content (AvgIpc) is 2.50. The highest BCUT2D eigenvalue weighted by Crippen LogP contribution is 2.07. The lowest BCUT2D eigenvalue weighted by molar-refractivity contribution is 0.494. The molecule has 0 aliphatic heterocycles. The van der Waals surface area contributed by atoms with Gasteiger partial charge in [-0.1, -0.05) is 26.2 Å². The smallest absolute Gasteiger partial charge is 0.104 e. The van der Waals surface area contributed by atoms with Gasteiger partial charge in [-0.25, -0.2) is 0 Å². The van der Waals surface area contributed by atoms with Gasteiger partial charge in [0.05, 0.1) is 6.26 Å². The molecule has 0 amide bonds. The molecule has 1 nitrogen and oxygen atoms in total. The Morgan fingerprint density at radius 1 is 1.36 bits per heavy atom. The number of furan rings is 1. The summed E-state index contributed by atoms with van der Waals surface area (Å²) < 4.78 is 5.16. The first-order valence-electron chi connectivity index (χ1n) is 4.37. The zero-order chi connectivity index (χ0) is 7.94. The van der Waals surface area contributed by atoms with Crippen LogP contribution in [0.5, 0.6) is 0 Å². The van der Waals surface area contributed by atoms with Crippen molar-refractivity contribution < 1.29 is 4.42 Å². The molecule has 0 N–H and O–H groups in total. The summed E-state index contributed by atoms with van der Waals surface area (Å²) in [6.07, 6.45) is 7.89. The van der Waals surface area contributed by atoms with Gasteiger partial charge in [0, 0.05) is 12.5 Å². The zero-order valence-electron chi connectivity index (χ0n) is 7.10. The van der Waals surface area contributed by atoms with Gasteiger partial charge in [0.2, 0.25) is 0 Å². The van der Waals surface area contributed by atoms with E-state index in [-0.39, 0.29) is 0 Å². The first-order chi connectivity index (χ1) is 5.43. The standard InChI is InChI=1S/C10H15O/c1-2-3-4-5-7-10-8-6-9-11-10/h8-9H,2-5,7H2,1H3. The first kappa shape index (κ1) is 8.38. The summed E-state index contributed by atoms with van der Waals surface area (Å²) >= 11 is 0. The van der Waals surface area contributed by atoms with E-state index in [1.165, 1.54) is 25.7 Å². The third kappa shape index (κ3) is 3.26. The molecule has 1 aromatic heterocycles. The van der Waals surface area contributed by atoms with Crippen LogP contribution in [0, 0.1) is 6.07 Å². The zero-order valence-corrected chi connectivity index (χ0v) is 7.10. The van der Waals surface area contributed by atoms with Gasteiger partial charge in [0.1, 0.15) is 5.76 Å². The van der Waals surface area contributed by atoms with Gasteiger partial charge in [0.15, 0.2) is 0 Å². The van der Waals surface area contributed by atoms with E-state index in [1.54, 1.807) is 6.26 Å². The van der Waals surface area contributed by atoms with Crippen LogP contribution >= 0.6 is 0 Å². The van der Waals surface area contributed by atoms with Crippen molar-refractivity contribution in [3.63, 3.8) is 0 Å². The highest BCUT2D eigenvalue weighted by atomic mass is 16.3. The Labute approximate surface area is 68.4 Å². The summed E-state index contributed by atoms with van der Waals surface area (Å²) in [6.45, 7) is 2.22. The predicted molar refractivity (Wildman–Crippen MR) is 45.4 cm³/mol. The lowest BCUT2D eigenvalue weighted by atomic mass is 10.1. The molecule has 0 aliphatic carbocycles. The molecular formula is C10H15O. The molecule has 0 bridgehead atoms. The SMILES string of the molecule is CCCCCCc1c[c]co1. The summed E-state index contributed by atoms with van der Waals surface area (Å²) in [4.78, 5) is 0. The maximum absolute atomic E-state index is 5.16. The Bertz CT molecular complexity index is 165. The first-order valence-corrected chi connectivity index (χ1v) is 4.37. The molecule has 1 rings (SSSR count). The number of aryl methyl sites for hydroxylation is 1. The van der Waals surface area contributed by atoms with Gasteiger partial charge in [-0.2, -0.15) is 0 Å². The maximum Gasteiger partial charge on any atom is 0.104 e. The molecule has 0 aromatic carbocycles. The number of hydrogen-bond donors (Lipinski definition) is 0. The van der Waals surface area contributed by atoms with Gasteiger partial charge in [-0.15, -0.1) is 0 Å². The number of hydrogen-bond acceptors (Lipinski definition) is 1. The molecule has 0 fully saturated rings. The Kier molecular flexibility index (Phi) is 3.81. The third-order valence-corrected chi connectivity index (χ3v) is 1.80. The van der Waals surface area contributed by atoms with Crippen LogP contribution in [0.2, 0.25) is 0 Å². The fourth-order valence-electron chi connectivity index (χ4n) is 1.13. The molecule has 0 saturated heterocycles. The van der Waals surface area contributed by atoms with Gasteiger partial charge in [0.25, 0.3) is 0 Å². The molecule has 1 heteroatoms. The summed E-state index contributed by atoms with van der Waals surface area (Å²) in [5, 5.41) is 0. The van der Waals surface area contributed by atoms with Crippen LogP contribution in [-0.4, -0.2) is 0 Å². The second-order valence-corrected chi connectivity index (χ2v) is 2.82. The fourth-order valence-corrected chi connectivity index (χ4v) is 1.13. The molecule has 0 aliphatic rings. The van der Waals surface area contributed by atoms with Crippen LogP contribution < -0.4 is 0 Å². The molecule has 0 saturated carbocycles. The molecule has 0 unspecified atom stereocenters. The summed E-state index contributed by atoms with van der Waals surface area (Å²) in [5.41, 5.74) is 0. The normalized spacial score (nSPS) is 10.3. The van der Waals surface area contributed by atoms with Crippen molar-refractivity contribution >= 4 is 0 Å². The highest BCUT2D eigenvalue weighted by molar-refractivity contribution is 4.96. The molecular weight excluding hydrogens is 136 g/mol. The van der Waals surface area contributed by atoms with E-state index in [1.807, 2.05) is 6.07 Å². The fraction of sp³-hybridized carbons (Fsp3) is 0.600. The summed E-state index contributed by atoms with van der Waals surface area (Å²) in [5.74, 6) is 1.07. The van der Waals surface area contributed by atoms with E-state index < -0.39 is 0 Å². The summed E-state index contributed by atoms with van der Waals surface area (Å²) in [7, 11) is 0. The molecule has 61 valence electrons. The highest BCUT2D eigenvalue weighted by Gasteiger charge is 1.94. The van der Waals surface area contributed by atoms with Crippen LogP contribution in [0.3, 0.4) is 0 Å². The van der Waals surface area contributed by atoms with Crippen LogP contribution in [0.4, 0.5) is 0 Å². The van der Waals surface area contributed by atoms with E-state index >= 15 is 0 Å². The Balaban J connectivity index is 2.04. The minimum atomic E-state index is 1.07. The van der Waals surface area contributed by atoms with E-state index in [0.717, 1.165) is 12.2 Å². The van der Waals surface area contributed by atoms with E-state index in [9.17, 15) is 0 Å². The number of rotatable bonds is 5. The average molecular weight is 151 g/mol. The van der Waals surface area contributed by atoms with E-state index in [4.69, 9.17) is 4.42 Å². The Morgan fingerprint density at radius 2 is 2.27 bits per heavy atom. The second-order valence-electron chi connectivity index (χ2n) is 2.82. The Hall–Kier alpha value is -0.720. The van der Waals surface area contributed by atoms with Crippen molar-refractivity contribution in [2.75, 3.05) is 0 Å². The second kappa shape index (κ2) is 5.00. The van der Waals surface area contributed by atoms with Gasteiger partial charge in [-0.3, -0.25) is 0 Å². The monoisotopic (exact) mass is 151 g/mol. The van der Waals surface area contributed by atoms with Crippen molar-refractivity contribution in [3.8, 4) is 0 Å². The van der Waals surface area contributed by atoms with Crippen molar-refractivity contribution in [3.05, 3.63) is 24.2 Å². The molecule has 1 radical (unpaired) electrons. The quantitative estimate of drug-likeness (QED) is 0.589. The van der Waals surface area contributed by atoms with Gasteiger partial charge < -0.3 is 4.42 Å². The molecule has 0 spiro atoms.